The van der Waals surface area contributed by atoms with Crippen molar-refractivity contribution < 1.29 is 29.3 Å². The first-order valence-electron chi connectivity index (χ1n) is 17.4. The Kier molecular flexibility index (Phi) is 7.99. The molecule has 5 fully saturated rings. The molecule has 0 saturated heterocycles. The molecule has 0 heterocycles. The summed E-state index contributed by atoms with van der Waals surface area (Å²) in [5.41, 5.74) is -0.900. The van der Waals surface area contributed by atoms with Crippen LogP contribution in [0.5, 0.6) is 0 Å². The molecule has 0 bridgehead atoms. The third-order valence-electron chi connectivity index (χ3n) is 15.2. The van der Waals surface area contributed by atoms with E-state index in [1.807, 2.05) is 13.8 Å². The smallest absolute Gasteiger partial charge is 0.309 e. The minimum Gasteiger partial charge on any atom is -0.481 e. The molecule has 0 spiro atoms. The van der Waals surface area contributed by atoms with Crippen molar-refractivity contribution in [2.75, 3.05) is 0 Å². The number of carboxylic acid groups (broad SMARTS) is 2. The molecule has 0 amide bonds. The van der Waals surface area contributed by atoms with E-state index in [-0.39, 0.29) is 52.5 Å². The van der Waals surface area contributed by atoms with Gasteiger partial charge in [0, 0.05) is 5.41 Å². The van der Waals surface area contributed by atoms with E-state index in [2.05, 4.69) is 48.5 Å². The third kappa shape index (κ3) is 4.80. The highest BCUT2D eigenvalue weighted by Gasteiger charge is 2.72. The lowest BCUT2D eigenvalue weighted by Crippen LogP contribution is -2.67. The van der Waals surface area contributed by atoms with Gasteiger partial charge in [0.2, 0.25) is 0 Å². The van der Waals surface area contributed by atoms with Gasteiger partial charge in [0.15, 0.2) is 0 Å². The first-order chi connectivity index (χ1) is 19.7. The fourth-order valence-electron chi connectivity index (χ4n) is 13.0. The van der Waals surface area contributed by atoms with Crippen molar-refractivity contribution >= 4 is 17.9 Å². The summed E-state index contributed by atoms with van der Waals surface area (Å²) in [7, 11) is 0. The minimum atomic E-state index is -0.889. The largest absolute Gasteiger partial charge is 0.481 e. The highest BCUT2D eigenvalue weighted by Crippen LogP contribution is 2.77. The van der Waals surface area contributed by atoms with E-state index in [0.717, 1.165) is 57.8 Å². The van der Waals surface area contributed by atoms with Crippen LogP contribution < -0.4 is 0 Å². The summed E-state index contributed by atoms with van der Waals surface area (Å²) in [5.74, 6) is 1.07. The van der Waals surface area contributed by atoms with Crippen LogP contribution in [0.1, 0.15) is 139 Å². The molecule has 5 rings (SSSR count). The standard InChI is InChI=1S/C37H60O6/c1-22(2)23-12-17-37(31(41)42)19-18-35(8)24(30(23)37)10-11-26-34(7)15-14-27(33(5,6)25(34)13-16-36(26,35)9)43-29(40)21-32(3,4)20-28(38)39/h22-27,30H,10-21H2,1-9H3,(H,38,39)(H,41,42)/t23-,24+,25-,26+,27-,30+,34-,35+,36+,37-/m0/s1. The SMILES string of the molecule is CC(C)[C@@H]1CC[C@]2(C(=O)O)CC[C@]3(C)[C@H](CC[C@@H]4[C@@]5(C)CC[C@H](OC(=O)CC(C)(C)CC(=O)O)C(C)(C)[C@@H]5CC[C@]43C)[C@@H]12. The van der Waals surface area contributed by atoms with Crippen molar-refractivity contribution in [2.24, 2.45) is 68.0 Å². The zero-order valence-electron chi connectivity index (χ0n) is 28.6. The average Bonchev–Trinajstić information content (AvgIpc) is 3.26. The number of carbonyl (C=O) groups is 3. The second-order valence-electron chi connectivity index (χ2n) is 18.4. The Morgan fingerprint density at radius 2 is 1.47 bits per heavy atom. The maximum Gasteiger partial charge on any atom is 0.309 e. The zero-order chi connectivity index (χ0) is 32.0. The van der Waals surface area contributed by atoms with Gasteiger partial charge in [-0.3, -0.25) is 14.4 Å². The fourth-order valence-corrected chi connectivity index (χ4v) is 13.0. The predicted octanol–water partition coefficient (Wildman–Crippen LogP) is 8.61. The van der Waals surface area contributed by atoms with Gasteiger partial charge in [-0.1, -0.05) is 62.3 Å². The van der Waals surface area contributed by atoms with Gasteiger partial charge in [-0.2, -0.15) is 0 Å². The van der Waals surface area contributed by atoms with Crippen molar-refractivity contribution in [2.45, 2.75) is 145 Å². The lowest BCUT2D eigenvalue weighted by Gasteiger charge is -2.72. The molecular weight excluding hydrogens is 540 g/mol. The van der Waals surface area contributed by atoms with E-state index in [4.69, 9.17) is 4.74 Å². The number of ether oxygens (including phenoxy) is 1. The second-order valence-corrected chi connectivity index (χ2v) is 18.4. The molecular formula is C37H60O6. The number of aliphatic carboxylic acids is 2. The lowest BCUT2D eigenvalue weighted by molar-refractivity contribution is -0.252. The Balaban J connectivity index is 1.40. The molecule has 5 aliphatic carbocycles. The highest BCUT2D eigenvalue weighted by atomic mass is 16.5. The second kappa shape index (κ2) is 10.5. The molecule has 0 aromatic heterocycles. The Morgan fingerprint density at radius 1 is 0.791 bits per heavy atom. The Bertz CT molecular complexity index is 1140. The van der Waals surface area contributed by atoms with Crippen LogP contribution in [0.2, 0.25) is 0 Å². The van der Waals surface area contributed by atoms with Crippen LogP contribution in [0.3, 0.4) is 0 Å². The van der Waals surface area contributed by atoms with Gasteiger partial charge in [0.1, 0.15) is 6.10 Å². The van der Waals surface area contributed by atoms with Gasteiger partial charge in [0.05, 0.1) is 18.3 Å². The van der Waals surface area contributed by atoms with Crippen molar-refractivity contribution in [3.8, 4) is 0 Å². The topological polar surface area (TPSA) is 101 Å². The Hall–Kier alpha value is -1.59. The maximum atomic E-state index is 13.1. The van der Waals surface area contributed by atoms with Crippen molar-refractivity contribution in [3.05, 3.63) is 0 Å². The van der Waals surface area contributed by atoms with Crippen molar-refractivity contribution in [3.63, 3.8) is 0 Å². The summed E-state index contributed by atoms with van der Waals surface area (Å²) in [4.78, 5) is 37.3. The van der Waals surface area contributed by atoms with E-state index >= 15 is 0 Å². The number of fused-ring (bicyclic) bond motifs is 7. The van der Waals surface area contributed by atoms with Gasteiger partial charge in [-0.15, -0.1) is 0 Å². The molecule has 0 aliphatic heterocycles. The van der Waals surface area contributed by atoms with Gasteiger partial charge in [0.25, 0.3) is 0 Å². The van der Waals surface area contributed by atoms with Crippen LogP contribution in [-0.2, 0) is 19.1 Å². The highest BCUT2D eigenvalue weighted by molar-refractivity contribution is 5.76. The number of carbonyl (C=O) groups excluding carboxylic acids is 1. The quantitative estimate of drug-likeness (QED) is 0.284. The summed E-state index contributed by atoms with van der Waals surface area (Å²) < 4.78 is 6.21. The van der Waals surface area contributed by atoms with Gasteiger partial charge in [-0.05, 0) is 121 Å². The third-order valence-corrected chi connectivity index (χ3v) is 15.2. The van der Waals surface area contributed by atoms with Crippen LogP contribution >= 0.6 is 0 Å². The van der Waals surface area contributed by atoms with E-state index in [0.29, 0.717) is 29.6 Å². The number of rotatable bonds is 7. The fraction of sp³-hybridized carbons (Fsp3) is 0.919. The number of esters is 1. The van der Waals surface area contributed by atoms with Crippen LogP contribution in [-0.4, -0.2) is 34.2 Å². The Labute approximate surface area is 260 Å². The molecule has 0 radical (unpaired) electrons. The Morgan fingerprint density at radius 3 is 2.07 bits per heavy atom. The molecule has 0 aromatic rings. The molecule has 2 N–H and O–H groups in total. The first-order valence-corrected chi connectivity index (χ1v) is 17.4. The predicted molar refractivity (Wildman–Crippen MR) is 167 cm³/mol. The number of carboxylic acids is 2. The van der Waals surface area contributed by atoms with Crippen LogP contribution in [0.4, 0.5) is 0 Å². The van der Waals surface area contributed by atoms with E-state index < -0.39 is 22.8 Å². The molecule has 6 heteroatoms. The molecule has 6 nitrogen and oxygen atoms in total. The van der Waals surface area contributed by atoms with Crippen LogP contribution in [0.15, 0.2) is 0 Å². The number of hydrogen-bond acceptors (Lipinski definition) is 4. The molecule has 43 heavy (non-hydrogen) atoms. The summed E-state index contributed by atoms with van der Waals surface area (Å²) in [6, 6.07) is 0. The summed E-state index contributed by atoms with van der Waals surface area (Å²) in [6.45, 7) is 20.6. The van der Waals surface area contributed by atoms with E-state index in [9.17, 15) is 24.6 Å². The molecule has 0 unspecified atom stereocenters. The minimum absolute atomic E-state index is 0.0523. The monoisotopic (exact) mass is 600 g/mol. The van der Waals surface area contributed by atoms with Crippen LogP contribution in [0.25, 0.3) is 0 Å². The maximum absolute atomic E-state index is 13.1. The van der Waals surface area contributed by atoms with Gasteiger partial charge >= 0.3 is 17.9 Å². The average molecular weight is 601 g/mol. The molecule has 10 atom stereocenters. The lowest BCUT2D eigenvalue weighted by atomic mass is 9.32. The summed E-state index contributed by atoms with van der Waals surface area (Å²) in [5, 5.41) is 19.9. The van der Waals surface area contributed by atoms with E-state index in [1.54, 1.807) is 0 Å². The van der Waals surface area contributed by atoms with Gasteiger partial charge in [-0.25, -0.2) is 0 Å². The van der Waals surface area contributed by atoms with Crippen molar-refractivity contribution in [1.29, 1.82) is 0 Å². The first kappa shape index (κ1) is 32.8. The van der Waals surface area contributed by atoms with Crippen LogP contribution in [0, 0.1) is 68.0 Å². The summed E-state index contributed by atoms with van der Waals surface area (Å²) in [6.07, 6.45) is 10.1. The zero-order valence-corrected chi connectivity index (χ0v) is 28.6. The normalized spacial score (nSPS) is 45.3. The van der Waals surface area contributed by atoms with E-state index in [1.165, 1.54) is 6.42 Å². The molecule has 244 valence electrons. The summed E-state index contributed by atoms with van der Waals surface area (Å²) >= 11 is 0. The van der Waals surface area contributed by atoms with Crippen molar-refractivity contribution in [1.82, 2.24) is 0 Å². The molecule has 5 saturated carbocycles. The molecule has 0 aromatic carbocycles. The molecule has 5 aliphatic rings. The van der Waals surface area contributed by atoms with Gasteiger partial charge < -0.3 is 14.9 Å². The number of hydrogen-bond donors (Lipinski definition) is 2.